The predicted molar refractivity (Wildman–Crippen MR) is 97.0 cm³/mol. The van der Waals surface area contributed by atoms with Gasteiger partial charge in [0.05, 0.1) is 0 Å². The van der Waals surface area contributed by atoms with Crippen molar-refractivity contribution in [1.29, 1.82) is 0 Å². The lowest BCUT2D eigenvalue weighted by Gasteiger charge is -2.13. The van der Waals surface area contributed by atoms with Crippen molar-refractivity contribution >= 4 is 5.78 Å². The van der Waals surface area contributed by atoms with Gasteiger partial charge in [-0.3, -0.25) is 4.79 Å². The molecule has 0 aromatic heterocycles. The number of rotatable bonds is 9. The molecule has 0 aliphatic carbocycles. The van der Waals surface area contributed by atoms with Crippen molar-refractivity contribution in [2.24, 2.45) is 0 Å². The number of ketones is 1. The number of hydrogen-bond acceptors (Lipinski definition) is 2. The van der Waals surface area contributed by atoms with Crippen molar-refractivity contribution in [3.8, 4) is 0 Å². The molecule has 0 radical (unpaired) electrons. The van der Waals surface area contributed by atoms with Gasteiger partial charge in [0, 0.05) is 18.5 Å². The minimum Gasteiger partial charge on any atom is -0.309 e. The van der Waals surface area contributed by atoms with E-state index in [0.29, 0.717) is 6.42 Å². The zero-order valence-corrected chi connectivity index (χ0v) is 14.3. The maximum Gasteiger partial charge on any atom is 0.162 e. The average Bonchev–Trinajstić information content (AvgIpc) is 2.58. The molecule has 0 saturated carbocycles. The number of unbranched alkanes of at least 4 members (excludes halogenated alkanes) is 1. The van der Waals surface area contributed by atoms with Gasteiger partial charge in [-0.25, -0.2) is 0 Å². The number of likely N-dealkylation sites (N-methyl/N-ethyl adjacent to an activating group) is 1. The summed E-state index contributed by atoms with van der Waals surface area (Å²) < 4.78 is 0. The Morgan fingerprint density at radius 1 is 0.826 bits per heavy atom. The summed E-state index contributed by atoms with van der Waals surface area (Å²) in [4.78, 5) is 14.3. The van der Waals surface area contributed by atoms with Gasteiger partial charge in [-0.05, 0) is 50.9 Å². The van der Waals surface area contributed by atoms with Gasteiger partial charge in [-0.1, -0.05) is 54.6 Å². The minimum atomic E-state index is 0.256. The summed E-state index contributed by atoms with van der Waals surface area (Å²) in [5, 5.41) is 0. The summed E-state index contributed by atoms with van der Waals surface area (Å²) in [6, 6.07) is 18.3. The first-order valence-corrected chi connectivity index (χ1v) is 8.46. The molecular formula is C21H27NO. The molecule has 2 heteroatoms. The first kappa shape index (κ1) is 17.4. The maximum atomic E-state index is 12.1. The molecule has 0 heterocycles. The van der Waals surface area contributed by atoms with Crippen molar-refractivity contribution in [3.63, 3.8) is 0 Å². The second-order valence-corrected chi connectivity index (χ2v) is 6.32. The van der Waals surface area contributed by atoms with E-state index in [1.54, 1.807) is 0 Å². The predicted octanol–water partition coefficient (Wildman–Crippen LogP) is 4.39. The summed E-state index contributed by atoms with van der Waals surface area (Å²) in [6.07, 6.45) is 4.81. The van der Waals surface area contributed by atoms with Crippen molar-refractivity contribution in [2.45, 2.75) is 32.1 Å². The molecule has 122 valence electrons. The molecule has 0 unspecified atom stereocenters. The van der Waals surface area contributed by atoms with Crippen LogP contribution in [0.25, 0.3) is 0 Å². The van der Waals surface area contributed by atoms with Crippen LogP contribution in [0.15, 0.2) is 54.6 Å². The molecule has 0 fully saturated rings. The number of aryl methyl sites for hydroxylation is 1. The summed E-state index contributed by atoms with van der Waals surface area (Å²) in [5.41, 5.74) is 3.70. The van der Waals surface area contributed by atoms with E-state index < -0.39 is 0 Å². The highest BCUT2D eigenvalue weighted by molar-refractivity contribution is 5.95. The van der Waals surface area contributed by atoms with E-state index >= 15 is 0 Å². The number of benzene rings is 2. The van der Waals surface area contributed by atoms with E-state index in [2.05, 4.69) is 43.3 Å². The Kier molecular flexibility index (Phi) is 7.02. The van der Waals surface area contributed by atoms with E-state index in [9.17, 15) is 4.79 Å². The normalized spacial score (nSPS) is 10.9. The first-order valence-electron chi connectivity index (χ1n) is 8.46. The lowest BCUT2D eigenvalue weighted by molar-refractivity contribution is 0.0979. The monoisotopic (exact) mass is 309 g/mol. The zero-order valence-electron chi connectivity index (χ0n) is 14.3. The van der Waals surface area contributed by atoms with E-state index in [0.717, 1.165) is 37.8 Å². The Balaban J connectivity index is 1.79. The highest BCUT2D eigenvalue weighted by atomic mass is 16.1. The second kappa shape index (κ2) is 9.26. The summed E-state index contributed by atoms with van der Waals surface area (Å²) in [5.74, 6) is 0.256. The third-order valence-electron chi connectivity index (χ3n) is 4.14. The topological polar surface area (TPSA) is 20.3 Å². The summed E-state index contributed by atoms with van der Waals surface area (Å²) >= 11 is 0. The van der Waals surface area contributed by atoms with Crippen LogP contribution in [0.5, 0.6) is 0 Å². The fraction of sp³-hybridized carbons (Fsp3) is 0.381. The molecule has 0 aliphatic heterocycles. The molecule has 2 rings (SSSR count). The van der Waals surface area contributed by atoms with Gasteiger partial charge < -0.3 is 4.90 Å². The minimum absolute atomic E-state index is 0.256. The van der Waals surface area contributed by atoms with Gasteiger partial charge in [-0.2, -0.15) is 0 Å². The molecule has 2 nitrogen and oxygen atoms in total. The highest BCUT2D eigenvalue weighted by Gasteiger charge is 2.06. The molecule has 2 aromatic carbocycles. The lowest BCUT2D eigenvalue weighted by Crippen LogP contribution is -2.15. The molecule has 0 saturated heterocycles. The summed E-state index contributed by atoms with van der Waals surface area (Å²) in [7, 11) is 4.22. The van der Waals surface area contributed by atoms with Crippen LogP contribution in [0.2, 0.25) is 0 Å². The quantitative estimate of drug-likeness (QED) is 0.506. The van der Waals surface area contributed by atoms with Gasteiger partial charge in [0.15, 0.2) is 5.78 Å². The number of carbonyl (C=O) groups excluding carboxylic acids is 1. The zero-order chi connectivity index (χ0) is 16.5. The van der Waals surface area contributed by atoms with Crippen molar-refractivity contribution in [1.82, 2.24) is 4.90 Å². The highest BCUT2D eigenvalue weighted by Crippen LogP contribution is 2.15. The fourth-order valence-electron chi connectivity index (χ4n) is 2.76. The Morgan fingerprint density at radius 3 is 2.09 bits per heavy atom. The number of hydrogen-bond donors (Lipinski definition) is 0. The van der Waals surface area contributed by atoms with E-state index in [1.165, 1.54) is 11.1 Å². The van der Waals surface area contributed by atoms with E-state index in [4.69, 9.17) is 0 Å². The Bertz CT molecular complexity index is 604. The smallest absolute Gasteiger partial charge is 0.162 e. The van der Waals surface area contributed by atoms with Gasteiger partial charge in [0.1, 0.15) is 0 Å². The van der Waals surface area contributed by atoms with Crippen LogP contribution in [0.3, 0.4) is 0 Å². The summed E-state index contributed by atoms with van der Waals surface area (Å²) in [6.45, 7) is 1.07. The van der Waals surface area contributed by atoms with Gasteiger partial charge in [-0.15, -0.1) is 0 Å². The fourth-order valence-corrected chi connectivity index (χ4v) is 2.76. The lowest BCUT2D eigenvalue weighted by atomic mass is 9.98. The molecule has 0 aliphatic rings. The SMILES string of the molecule is CN(C)CCc1ccccc1CCCCC(=O)c1ccccc1. The van der Waals surface area contributed by atoms with Crippen molar-refractivity contribution < 1.29 is 4.79 Å². The van der Waals surface area contributed by atoms with Gasteiger partial charge >= 0.3 is 0 Å². The van der Waals surface area contributed by atoms with Crippen LogP contribution in [0, 0.1) is 0 Å². The Morgan fingerprint density at radius 2 is 1.43 bits per heavy atom. The molecule has 0 atom stereocenters. The largest absolute Gasteiger partial charge is 0.309 e. The molecule has 2 aromatic rings. The van der Waals surface area contributed by atoms with Gasteiger partial charge in [0.25, 0.3) is 0 Å². The van der Waals surface area contributed by atoms with E-state index in [-0.39, 0.29) is 5.78 Å². The van der Waals surface area contributed by atoms with Gasteiger partial charge in [0.2, 0.25) is 0 Å². The Hall–Kier alpha value is -1.93. The van der Waals surface area contributed by atoms with E-state index in [1.807, 2.05) is 30.3 Å². The van der Waals surface area contributed by atoms with Crippen LogP contribution in [0.4, 0.5) is 0 Å². The molecule has 23 heavy (non-hydrogen) atoms. The van der Waals surface area contributed by atoms with Crippen molar-refractivity contribution in [2.75, 3.05) is 20.6 Å². The van der Waals surface area contributed by atoms with Crippen LogP contribution in [-0.4, -0.2) is 31.3 Å². The Labute approximate surface area is 140 Å². The van der Waals surface area contributed by atoms with Crippen LogP contribution in [-0.2, 0) is 12.8 Å². The third-order valence-corrected chi connectivity index (χ3v) is 4.14. The molecular weight excluding hydrogens is 282 g/mol. The third kappa shape index (κ3) is 5.99. The number of carbonyl (C=O) groups is 1. The van der Waals surface area contributed by atoms with Crippen LogP contribution >= 0.6 is 0 Å². The van der Waals surface area contributed by atoms with Crippen LogP contribution in [0.1, 0.15) is 40.7 Å². The van der Waals surface area contributed by atoms with Crippen molar-refractivity contribution in [3.05, 3.63) is 71.3 Å². The average molecular weight is 309 g/mol. The second-order valence-electron chi connectivity index (χ2n) is 6.32. The first-order chi connectivity index (χ1) is 11.2. The number of Topliss-reactive ketones (excluding diaryl/α,β-unsaturated/α-hetero) is 1. The van der Waals surface area contributed by atoms with Crippen LogP contribution < -0.4 is 0 Å². The molecule has 0 spiro atoms. The standard InChI is InChI=1S/C21H27NO/c1-22(2)17-16-19-12-7-6-10-18(19)11-8-9-15-21(23)20-13-4-3-5-14-20/h3-7,10,12-14H,8-9,11,15-17H2,1-2H3. The number of nitrogens with zero attached hydrogens (tertiary/aromatic N) is 1. The molecule has 0 N–H and O–H groups in total. The maximum absolute atomic E-state index is 12.1. The molecule has 0 bridgehead atoms. The molecule has 0 amide bonds.